The van der Waals surface area contributed by atoms with E-state index in [0.717, 1.165) is 50.7 Å². The summed E-state index contributed by atoms with van der Waals surface area (Å²) < 4.78 is 2.20. The Balaban J connectivity index is 1.19. The van der Waals surface area contributed by atoms with Crippen LogP contribution in [0.25, 0.3) is 0 Å². The topological polar surface area (TPSA) is 99.3 Å². The highest BCUT2D eigenvalue weighted by Crippen LogP contribution is 2.33. The molecule has 2 saturated heterocycles. The molecule has 2 aliphatic heterocycles. The summed E-state index contributed by atoms with van der Waals surface area (Å²) in [5, 5.41) is 12.2. The van der Waals surface area contributed by atoms with Gasteiger partial charge < -0.3 is 21.3 Å². The second kappa shape index (κ2) is 12.5. The molecule has 0 spiro atoms. The van der Waals surface area contributed by atoms with Gasteiger partial charge in [-0.2, -0.15) is 11.8 Å². The van der Waals surface area contributed by atoms with Gasteiger partial charge in [0.05, 0.1) is 12.1 Å². The van der Waals surface area contributed by atoms with Crippen LogP contribution < -0.4 is 21.3 Å². The third-order valence-corrected chi connectivity index (χ3v) is 8.13. The van der Waals surface area contributed by atoms with Crippen LogP contribution in [0.15, 0.2) is 18.2 Å². The van der Waals surface area contributed by atoms with Crippen molar-refractivity contribution < 1.29 is 14.4 Å². The summed E-state index contributed by atoms with van der Waals surface area (Å²) in [7, 11) is 0. The first kappa shape index (κ1) is 24.9. The van der Waals surface area contributed by atoms with Gasteiger partial charge in [0.2, 0.25) is 11.8 Å². The maximum atomic E-state index is 12.1. The highest BCUT2D eigenvalue weighted by molar-refractivity contribution is 14.1. The molecule has 2 aliphatic rings. The zero-order chi connectivity index (χ0) is 22.2. The van der Waals surface area contributed by atoms with E-state index in [-0.39, 0.29) is 29.9 Å². The van der Waals surface area contributed by atoms with E-state index in [1.165, 1.54) is 0 Å². The van der Waals surface area contributed by atoms with Gasteiger partial charge in [0.1, 0.15) is 0 Å². The molecule has 2 fully saturated rings. The van der Waals surface area contributed by atoms with Crippen molar-refractivity contribution >= 4 is 80.5 Å². The predicted octanol–water partition coefficient (Wildman–Crippen LogP) is 3.85. The Morgan fingerprint density at radius 3 is 2.52 bits per heavy atom. The van der Waals surface area contributed by atoms with E-state index in [0.29, 0.717) is 24.6 Å². The van der Waals surface area contributed by atoms with E-state index in [2.05, 4.69) is 72.5 Å². The molecule has 4 amide bonds. The Kier molecular flexibility index (Phi) is 10.0. The maximum absolute atomic E-state index is 12.1. The van der Waals surface area contributed by atoms with Crippen molar-refractivity contribution in [1.82, 2.24) is 16.0 Å². The molecular weight excluding hydrogens is 642 g/mol. The number of rotatable bonds is 11. The minimum atomic E-state index is -0.0693. The summed E-state index contributed by atoms with van der Waals surface area (Å²) in [6.07, 6.45) is 5.38. The number of fused-ring (bicyclic) bond motifs is 1. The van der Waals surface area contributed by atoms with Crippen LogP contribution in [-0.2, 0) is 9.59 Å². The average molecular weight is 670 g/mol. The fraction of sp³-hybridized carbons (Fsp3) is 0.571. The van der Waals surface area contributed by atoms with E-state index in [1.807, 2.05) is 23.9 Å². The highest BCUT2D eigenvalue weighted by Gasteiger charge is 2.42. The summed E-state index contributed by atoms with van der Waals surface area (Å²) in [5.41, 5.74) is 0.840. The molecule has 0 radical (unpaired) electrons. The Morgan fingerprint density at radius 1 is 1.00 bits per heavy atom. The third kappa shape index (κ3) is 8.26. The van der Waals surface area contributed by atoms with Gasteiger partial charge in [-0.25, -0.2) is 4.79 Å². The molecule has 170 valence electrons. The Labute approximate surface area is 214 Å². The first-order valence-electron chi connectivity index (χ1n) is 10.6. The van der Waals surface area contributed by atoms with Crippen molar-refractivity contribution in [2.45, 2.75) is 62.3 Å². The molecular formula is C21H28I2N4O3S. The number of carbonyl (C=O) groups excluding carboxylic acids is 3. The molecule has 0 saturated carbocycles. The normalized spacial score (nSPS) is 21.9. The molecule has 7 nitrogen and oxygen atoms in total. The van der Waals surface area contributed by atoms with Gasteiger partial charge in [-0.05, 0) is 89.1 Å². The van der Waals surface area contributed by atoms with E-state index in [1.54, 1.807) is 0 Å². The summed E-state index contributed by atoms with van der Waals surface area (Å²) in [6, 6.07) is 6.34. The lowest BCUT2D eigenvalue weighted by Gasteiger charge is -2.16. The number of hydrogen-bond acceptors (Lipinski definition) is 4. The van der Waals surface area contributed by atoms with Crippen LogP contribution in [0.5, 0.6) is 0 Å². The molecule has 3 atom stereocenters. The van der Waals surface area contributed by atoms with Gasteiger partial charge in [-0.1, -0.05) is 6.42 Å². The molecule has 0 aromatic heterocycles. The lowest BCUT2D eigenvalue weighted by atomic mass is 10.0. The van der Waals surface area contributed by atoms with Crippen molar-refractivity contribution in [1.29, 1.82) is 0 Å². The second-order valence-corrected chi connectivity index (χ2v) is 11.6. The molecule has 3 unspecified atom stereocenters. The molecule has 1 aromatic carbocycles. The van der Waals surface area contributed by atoms with Crippen LogP contribution in [0, 0.1) is 7.14 Å². The number of halogens is 2. The predicted molar refractivity (Wildman–Crippen MR) is 141 cm³/mol. The van der Waals surface area contributed by atoms with Gasteiger partial charge in [0, 0.05) is 43.2 Å². The van der Waals surface area contributed by atoms with Crippen LogP contribution >= 0.6 is 56.9 Å². The fourth-order valence-electron chi connectivity index (χ4n) is 3.86. The summed E-state index contributed by atoms with van der Waals surface area (Å²) >= 11 is 6.36. The number of benzene rings is 1. The highest BCUT2D eigenvalue weighted by atomic mass is 127. The first-order chi connectivity index (χ1) is 14.9. The van der Waals surface area contributed by atoms with Gasteiger partial charge in [0.15, 0.2) is 0 Å². The number of carbonyl (C=O) groups is 3. The molecule has 1 aromatic rings. The van der Waals surface area contributed by atoms with Crippen LogP contribution in [0.3, 0.4) is 0 Å². The van der Waals surface area contributed by atoms with E-state index >= 15 is 0 Å². The van der Waals surface area contributed by atoms with E-state index in [4.69, 9.17) is 0 Å². The van der Waals surface area contributed by atoms with Crippen molar-refractivity contribution in [3.8, 4) is 0 Å². The number of amides is 4. The lowest BCUT2D eigenvalue weighted by Crippen LogP contribution is -2.37. The Morgan fingerprint density at radius 2 is 1.74 bits per heavy atom. The van der Waals surface area contributed by atoms with Crippen LogP contribution in [-0.4, -0.2) is 47.5 Å². The molecule has 4 N–H and O–H groups in total. The zero-order valence-electron chi connectivity index (χ0n) is 17.2. The van der Waals surface area contributed by atoms with Crippen LogP contribution in [0.4, 0.5) is 10.5 Å². The largest absolute Gasteiger partial charge is 0.356 e. The van der Waals surface area contributed by atoms with Gasteiger partial charge in [-0.15, -0.1) is 0 Å². The number of nitrogens with one attached hydrogen (secondary N) is 4. The van der Waals surface area contributed by atoms with Gasteiger partial charge in [0.25, 0.3) is 0 Å². The molecule has 3 rings (SSSR count). The lowest BCUT2D eigenvalue weighted by molar-refractivity contribution is -0.121. The van der Waals surface area contributed by atoms with Crippen LogP contribution in [0.2, 0.25) is 0 Å². The van der Waals surface area contributed by atoms with Crippen LogP contribution in [0.1, 0.15) is 44.9 Å². The number of unbranched alkanes of at least 4 members (excludes halogenated alkanes) is 2. The monoisotopic (exact) mass is 670 g/mol. The Bertz CT molecular complexity index is 791. The van der Waals surface area contributed by atoms with E-state index < -0.39 is 0 Å². The number of urea groups is 1. The Hall–Kier alpha value is -0.760. The van der Waals surface area contributed by atoms with Crippen molar-refractivity contribution in [2.24, 2.45) is 0 Å². The maximum Gasteiger partial charge on any atom is 0.315 e. The number of hydrogen-bond donors (Lipinski definition) is 4. The SMILES string of the molecule is O=C(CCCC1SCC2NC(=O)NC21)NCCCCCC(=O)Nc1cc(I)cc(I)c1. The summed E-state index contributed by atoms with van der Waals surface area (Å²) in [4.78, 5) is 35.5. The third-order valence-electron chi connectivity index (χ3n) is 5.38. The molecule has 0 aliphatic carbocycles. The minimum Gasteiger partial charge on any atom is -0.356 e. The van der Waals surface area contributed by atoms with Crippen molar-refractivity contribution in [3.05, 3.63) is 25.3 Å². The minimum absolute atomic E-state index is 0.0301. The second-order valence-electron chi connectivity index (χ2n) is 7.88. The standard InChI is InChI=1S/C21H28I2N4O3S/c22-13-9-14(23)11-15(10-13)25-19(29)6-2-1-3-8-24-18(28)7-4-5-17-20-16(12-31-17)26-21(30)27-20/h9-11,16-17,20H,1-8,12H2,(H,24,28)(H,25,29)(H2,26,27,30). The molecule has 2 heterocycles. The molecule has 10 heteroatoms. The summed E-state index contributed by atoms with van der Waals surface area (Å²) in [5.74, 6) is 1.06. The van der Waals surface area contributed by atoms with Gasteiger partial charge in [-0.3, -0.25) is 9.59 Å². The molecule has 0 bridgehead atoms. The molecule has 31 heavy (non-hydrogen) atoms. The summed E-state index contributed by atoms with van der Waals surface area (Å²) in [6.45, 7) is 0.651. The quantitative estimate of drug-likeness (QED) is 0.164. The van der Waals surface area contributed by atoms with Crippen molar-refractivity contribution in [3.63, 3.8) is 0 Å². The van der Waals surface area contributed by atoms with Crippen molar-refractivity contribution in [2.75, 3.05) is 17.6 Å². The first-order valence-corrected chi connectivity index (χ1v) is 13.8. The average Bonchev–Trinajstić information content (AvgIpc) is 3.23. The number of thioether (sulfide) groups is 1. The smallest absolute Gasteiger partial charge is 0.315 e. The zero-order valence-corrected chi connectivity index (χ0v) is 22.3. The fourth-order valence-corrected chi connectivity index (χ4v) is 7.34. The van der Waals surface area contributed by atoms with Gasteiger partial charge >= 0.3 is 6.03 Å². The van der Waals surface area contributed by atoms with E-state index in [9.17, 15) is 14.4 Å². The number of anilines is 1.